The number of nitrogens with one attached hydrogen (secondary N) is 2. The smallest absolute Gasteiger partial charge is 0.261 e. The number of carbonyl (C=O) groups excluding carboxylic acids is 1. The third-order valence-electron chi connectivity index (χ3n) is 3.12. The molecule has 0 spiro atoms. The number of rotatable bonds is 2. The molecule has 4 nitrogen and oxygen atoms in total. The number of hydrogen-bond acceptors (Lipinski definition) is 2. The Morgan fingerprint density at radius 1 is 1.05 bits per heavy atom. The van der Waals surface area contributed by atoms with Gasteiger partial charge >= 0.3 is 0 Å². The van der Waals surface area contributed by atoms with E-state index in [-0.39, 0.29) is 5.56 Å². The van der Waals surface area contributed by atoms with Crippen molar-refractivity contribution >= 4 is 34.1 Å². The van der Waals surface area contributed by atoms with Gasteiger partial charge in [0.15, 0.2) is 0 Å². The van der Waals surface area contributed by atoms with Crippen molar-refractivity contribution in [2.45, 2.75) is 0 Å². The minimum atomic E-state index is -0.491. The van der Waals surface area contributed by atoms with Gasteiger partial charge in [-0.25, -0.2) is 0 Å². The van der Waals surface area contributed by atoms with Gasteiger partial charge in [-0.05, 0) is 29.7 Å². The van der Waals surface area contributed by atoms with Crippen LogP contribution in [-0.4, -0.2) is 10.9 Å². The number of hydrogen-bond donors (Lipinski definition) is 2. The van der Waals surface area contributed by atoms with Crippen LogP contribution in [0, 0.1) is 0 Å². The van der Waals surface area contributed by atoms with Crippen molar-refractivity contribution in [1.29, 1.82) is 0 Å². The lowest BCUT2D eigenvalue weighted by Crippen LogP contribution is -2.23. The second kappa shape index (κ2) is 5.42. The van der Waals surface area contributed by atoms with Crippen LogP contribution in [0.2, 0.25) is 5.02 Å². The highest BCUT2D eigenvalue weighted by Crippen LogP contribution is 2.21. The normalized spacial score (nSPS) is 10.5. The summed E-state index contributed by atoms with van der Waals surface area (Å²) in [6, 6.07) is 15.7. The lowest BCUT2D eigenvalue weighted by molar-refractivity contribution is 0.102. The zero-order valence-electron chi connectivity index (χ0n) is 10.9. The fourth-order valence-corrected chi connectivity index (χ4v) is 2.25. The Kier molecular flexibility index (Phi) is 3.46. The number of benzene rings is 2. The average Bonchev–Trinajstić information content (AvgIpc) is 2.49. The number of H-pyrrole nitrogens is 1. The summed E-state index contributed by atoms with van der Waals surface area (Å²) in [5.41, 5.74) is 0.778. The molecule has 0 aliphatic heterocycles. The van der Waals surface area contributed by atoms with Gasteiger partial charge in [0, 0.05) is 5.52 Å². The molecule has 1 aromatic heterocycles. The van der Waals surface area contributed by atoms with E-state index in [4.69, 9.17) is 11.6 Å². The number of aromatic amines is 1. The highest BCUT2D eigenvalue weighted by Gasteiger charge is 2.13. The van der Waals surface area contributed by atoms with Crippen LogP contribution in [-0.2, 0) is 0 Å². The van der Waals surface area contributed by atoms with E-state index in [1.165, 1.54) is 0 Å². The molecular formula is C16H11ClN2O2. The van der Waals surface area contributed by atoms with Crippen molar-refractivity contribution in [3.63, 3.8) is 0 Å². The standard InChI is InChI=1S/C16H11ClN2O2/c17-12-6-2-4-8-14(12)19-16(21)11-9-10-5-1-3-7-13(10)18-15(11)20/h1-9H,(H,18,20)(H,19,21). The summed E-state index contributed by atoms with van der Waals surface area (Å²) in [7, 11) is 0. The molecule has 3 aromatic rings. The molecule has 2 aromatic carbocycles. The van der Waals surface area contributed by atoms with Crippen LogP contribution in [0.25, 0.3) is 10.9 Å². The highest BCUT2D eigenvalue weighted by molar-refractivity contribution is 6.33. The van der Waals surface area contributed by atoms with E-state index in [0.717, 1.165) is 5.39 Å². The van der Waals surface area contributed by atoms with Gasteiger partial charge in [-0.3, -0.25) is 9.59 Å². The molecule has 0 aliphatic carbocycles. The molecule has 0 saturated carbocycles. The van der Waals surface area contributed by atoms with Gasteiger partial charge in [0.2, 0.25) is 0 Å². The summed E-state index contributed by atoms with van der Waals surface area (Å²) in [6.07, 6.45) is 0. The lowest BCUT2D eigenvalue weighted by Gasteiger charge is -2.07. The number of pyridine rings is 1. The van der Waals surface area contributed by atoms with Gasteiger partial charge in [-0.2, -0.15) is 0 Å². The number of amides is 1. The molecule has 0 bridgehead atoms. The molecule has 0 radical (unpaired) electrons. The molecule has 0 atom stereocenters. The van der Waals surface area contributed by atoms with E-state index < -0.39 is 11.5 Å². The Balaban J connectivity index is 2.00. The first-order chi connectivity index (χ1) is 10.1. The highest BCUT2D eigenvalue weighted by atomic mass is 35.5. The molecule has 0 saturated heterocycles. The van der Waals surface area contributed by atoms with Crippen LogP contribution >= 0.6 is 11.6 Å². The molecular weight excluding hydrogens is 288 g/mol. The second-order valence-electron chi connectivity index (χ2n) is 4.53. The van der Waals surface area contributed by atoms with Crippen LogP contribution in [0.4, 0.5) is 5.69 Å². The maximum absolute atomic E-state index is 12.2. The lowest BCUT2D eigenvalue weighted by atomic mass is 10.1. The third kappa shape index (κ3) is 2.66. The van der Waals surface area contributed by atoms with Gasteiger partial charge in [0.1, 0.15) is 5.56 Å². The first kappa shape index (κ1) is 13.4. The molecule has 5 heteroatoms. The van der Waals surface area contributed by atoms with Crippen molar-refractivity contribution in [3.8, 4) is 0 Å². The summed E-state index contributed by atoms with van der Waals surface area (Å²) in [4.78, 5) is 26.9. The Labute approximate surface area is 125 Å². The minimum absolute atomic E-state index is 0.0496. The molecule has 1 amide bonds. The van der Waals surface area contributed by atoms with Gasteiger partial charge in [-0.15, -0.1) is 0 Å². The fraction of sp³-hybridized carbons (Fsp3) is 0. The number of fused-ring (bicyclic) bond motifs is 1. The average molecular weight is 299 g/mol. The molecule has 1 heterocycles. The molecule has 21 heavy (non-hydrogen) atoms. The van der Waals surface area contributed by atoms with Crippen LogP contribution in [0.5, 0.6) is 0 Å². The van der Waals surface area contributed by atoms with E-state index in [1.807, 2.05) is 18.2 Å². The van der Waals surface area contributed by atoms with Crippen molar-refractivity contribution in [2.24, 2.45) is 0 Å². The van der Waals surface area contributed by atoms with Crippen molar-refractivity contribution in [3.05, 3.63) is 75.5 Å². The maximum Gasteiger partial charge on any atom is 0.261 e. The molecule has 2 N–H and O–H groups in total. The quantitative estimate of drug-likeness (QED) is 0.761. The monoisotopic (exact) mass is 298 g/mol. The van der Waals surface area contributed by atoms with E-state index >= 15 is 0 Å². The Hall–Kier alpha value is -2.59. The van der Waals surface area contributed by atoms with Crippen molar-refractivity contribution in [2.75, 3.05) is 5.32 Å². The second-order valence-corrected chi connectivity index (χ2v) is 4.94. The van der Waals surface area contributed by atoms with Crippen LogP contribution in [0.15, 0.2) is 59.4 Å². The number of para-hydroxylation sites is 2. The summed E-state index contributed by atoms with van der Waals surface area (Å²) in [5, 5.41) is 3.85. The predicted molar refractivity (Wildman–Crippen MR) is 84.0 cm³/mol. The van der Waals surface area contributed by atoms with E-state index in [2.05, 4.69) is 10.3 Å². The first-order valence-electron chi connectivity index (χ1n) is 6.33. The number of aromatic nitrogens is 1. The third-order valence-corrected chi connectivity index (χ3v) is 3.45. The van der Waals surface area contributed by atoms with Gasteiger partial charge < -0.3 is 10.3 Å². The Bertz CT molecular complexity index is 887. The number of carbonyl (C=O) groups is 1. The Morgan fingerprint density at radius 2 is 1.76 bits per heavy atom. The number of anilines is 1. The molecule has 0 unspecified atom stereocenters. The first-order valence-corrected chi connectivity index (χ1v) is 6.71. The van der Waals surface area contributed by atoms with Gasteiger partial charge in [-0.1, -0.05) is 41.9 Å². The van der Waals surface area contributed by atoms with Gasteiger partial charge in [0.25, 0.3) is 11.5 Å². The molecule has 0 fully saturated rings. The van der Waals surface area contributed by atoms with Crippen LogP contribution in [0.3, 0.4) is 0 Å². The molecule has 3 rings (SSSR count). The fourth-order valence-electron chi connectivity index (χ4n) is 2.07. The van der Waals surface area contributed by atoms with Crippen LogP contribution in [0.1, 0.15) is 10.4 Å². The van der Waals surface area contributed by atoms with E-state index in [1.54, 1.807) is 36.4 Å². The maximum atomic E-state index is 12.2. The zero-order valence-corrected chi connectivity index (χ0v) is 11.6. The summed E-state index contributed by atoms with van der Waals surface area (Å²) < 4.78 is 0. The van der Waals surface area contributed by atoms with Crippen molar-refractivity contribution < 1.29 is 4.79 Å². The van der Waals surface area contributed by atoms with Crippen LogP contribution < -0.4 is 10.9 Å². The van der Waals surface area contributed by atoms with Gasteiger partial charge in [0.05, 0.1) is 10.7 Å². The zero-order chi connectivity index (χ0) is 14.8. The number of halogens is 1. The topological polar surface area (TPSA) is 62.0 Å². The molecule has 0 aliphatic rings. The summed E-state index contributed by atoms with van der Waals surface area (Å²) in [5.74, 6) is -0.491. The predicted octanol–water partition coefficient (Wildman–Crippen LogP) is 3.43. The SMILES string of the molecule is O=C(Nc1ccccc1Cl)c1cc2ccccc2[nH]c1=O. The summed E-state index contributed by atoms with van der Waals surface area (Å²) >= 11 is 5.99. The Morgan fingerprint density at radius 3 is 2.57 bits per heavy atom. The van der Waals surface area contributed by atoms with E-state index in [0.29, 0.717) is 16.2 Å². The molecule has 104 valence electrons. The summed E-state index contributed by atoms with van der Waals surface area (Å²) in [6.45, 7) is 0. The van der Waals surface area contributed by atoms with Crippen molar-refractivity contribution in [1.82, 2.24) is 4.98 Å². The minimum Gasteiger partial charge on any atom is -0.321 e. The largest absolute Gasteiger partial charge is 0.321 e. The van der Waals surface area contributed by atoms with E-state index in [9.17, 15) is 9.59 Å².